The Morgan fingerprint density at radius 3 is 2.28 bits per heavy atom. The molecule has 1 saturated heterocycles. The number of benzene rings is 1. The highest BCUT2D eigenvalue weighted by molar-refractivity contribution is 5.85. The maximum absolute atomic E-state index is 14.0. The molecule has 2 rings (SSSR count). The van der Waals surface area contributed by atoms with E-state index in [4.69, 9.17) is 0 Å². The predicted molar refractivity (Wildman–Crippen MR) is 94.2 cm³/mol. The highest BCUT2D eigenvalue weighted by Gasteiger charge is 2.33. The van der Waals surface area contributed by atoms with E-state index in [-0.39, 0.29) is 36.8 Å². The number of rotatable bonds is 5. The summed E-state index contributed by atoms with van der Waals surface area (Å²) in [7, 11) is 0. The molecule has 146 valence electrons. The average Bonchev–Trinajstić information content (AvgIpc) is 2.50. The highest BCUT2D eigenvalue weighted by atomic mass is 35.5. The van der Waals surface area contributed by atoms with E-state index in [2.05, 4.69) is 28.8 Å². The summed E-state index contributed by atoms with van der Waals surface area (Å²) >= 11 is 0. The Labute approximate surface area is 157 Å². The van der Waals surface area contributed by atoms with Gasteiger partial charge in [0.2, 0.25) is 0 Å². The van der Waals surface area contributed by atoms with Crippen LogP contribution in [0.4, 0.5) is 17.6 Å². The summed E-state index contributed by atoms with van der Waals surface area (Å²) in [5.74, 6) is -1.50. The van der Waals surface area contributed by atoms with Crippen molar-refractivity contribution in [3.05, 3.63) is 29.6 Å². The minimum atomic E-state index is -4.89. The van der Waals surface area contributed by atoms with Crippen LogP contribution in [0.5, 0.6) is 5.75 Å². The van der Waals surface area contributed by atoms with Gasteiger partial charge in [0.25, 0.3) is 0 Å². The van der Waals surface area contributed by atoms with Crippen LogP contribution < -0.4 is 10.1 Å². The molecule has 1 aromatic rings. The minimum absolute atomic E-state index is 0. The summed E-state index contributed by atoms with van der Waals surface area (Å²) in [6, 6.07) is 3.75. The second kappa shape index (κ2) is 10.4. The Morgan fingerprint density at radius 2 is 1.80 bits per heavy atom. The lowest BCUT2D eigenvalue weighted by Crippen LogP contribution is -2.46. The molecule has 2 atom stereocenters. The van der Waals surface area contributed by atoms with Gasteiger partial charge in [-0.05, 0) is 23.6 Å². The lowest BCUT2D eigenvalue weighted by Gasteiger charge is -2.38. The molecule has 1 aliphatic heterocycles. The monoisotopic (exact) mass is 406 g/mol. The van der Waals surface area contributed by atoms with Crippen LogP contribution in [-0.4, -0.2) is 37.4 Å². The second-order valence-electron chi connectivity index (χ2n) is 5.85. The molecule has 9 heteroatoms. The quantitative estimate of drug-likeness (QED) is 0.725. The Kier molecular flexibility index (Phi) is 10.1. The first-order valence-corrected chi connectivity index (χ1v) is 7.81. The summed E-state index contributed by atoms with van der Waals surface area (Å²) in [4.78, 5) is 2.25. The van der Waals surface area contributed by atoms with Crippen LogP contribution in [0.2, 0.25) is 0 Å². The van der Waals surface area contributed by atoms with E-state index in [1.165, 1.54) is 12.1 Å². The van der Waals surface area contributed by atoms with Crippen molar-refractivity contribution in [2.75, 3.05) is 26.2 Å². The second-order valence-corrected chi connectivity index (χ2v) is 5.85. The summed E-state index contributed by atoms with van der Waals surface area (Å²) in [6.45, 7) is 7.49. The molecule has 0 amide bonds. The van der Waals surface area contributed by atoms with Gasteiger partial charge in [0, 0.05) is 32.2 Å². The zero-order valence-corrected chi connectivity index (χ0v) is 15.7. The number of ether oxygens (including phenoxy) is 1. The summed E-state index contributed by atoms with van der Waals surface area (Å²) < 4.78 is 54.5. The van der Waals surface area contributed by atoms with Crippen LogP contribution in [0.25, 0.3) is 0 Å². The van der Waals surface area contributed by atoms with E-state index in [0.29, 0.717) is 5.56 Å². The van der Waals surface area contributed by atoms with Gasteiger partial charge in [-0.15, -0.1) is 38.0 Å². The number of nitrogens with one attached hydrogen (secondary N) is 1. The molecule has 0 radical (unpaired) electrons. The number of alkyl halides is 3. The van der Waals surface area contributed by atoms with Crippen molar-refractivity contribution < 1.29 is 22.3 Å². The molecule has 25 heavy (non-hydrogen) atoms. The van der Waals surface area contributed by atoms with Gasteiger partial charge in [0.05, 0.1) is 0 Å². The van der Waals surface area contributed by atoms with Gasteiger partial charge < -0.3 is 10.1 Å². The van der Waals surface area contributed by atoms with Gasteiger partial charge in [0.1, 0.15) is 0 Å². The van der Waals surface area contributed by atoms with Crippen molar-refractivity contribution in [1.82, 2.24) is 10.2 Å². The highest BCUT2D eigenvalue weighted by Crippen LogP contribution is 2.34. The lowest BCUT2D eigenvalue weighted by atomic mass is 9.90. The maximum atomic E-state index is 14.0. The molecular weight excluding hydrogens is 383 g/mol. The molecule has 1 fully saturated rings. The van der Waals surface area contributed by atoms with Crippen LogP contribution in [0, 0.1) is 11.7 Å². The van der Waals surface area contributed by atoms with Crippen LogP contribution in [0.3, 0.4) is 0 Å². The molecule has 1 heterocycles. The Hall–Kier alpha value is -0.760. The van der Waals surface area contributed by atoms with Gasteiger partial charge in [-0.3, -0.25) is 4.90 Å². The van der Waals surface area contributed by atoms with E-state index in [9.17, 15) is 17.6 Å². The van der Waals surface area contributed by atoms with E-state index < -0.39 is 17.9 Å². The first kappa shape index (κ1) is 24.2. The predicted octanol–water partition coefficient (Wildman–Crippen LogP) is 4.56. The van der Waals surface area contributed by atoms with E-state index >= 15 is 0 Å². The summed E-state index contributed by atoms with van der Waals surface area (Å²) in [5, 5.41) is 3.26. The van der Waals surface area contributed by atoms with Crippen LogP contribution in [0.1, 0.15) is 31.9 Å². The fourth-order valence-corrected chi connectivity index (χ4v) is 2.99. The number of halogens is 6. The SMILES string of the molecule is CCC(C)[C@H](c1ccc(OC(F)(F)F)c(F)c1)N1CCNCC1.Cl.Cl. The number of hydrogen-bond donors (Lipinski definition) is 1. The van der Waals surface area contributed by atoms with Crippen molar-refractivity contribution >= 4 is 24.8 Å². The summed E-state index contributed by atoms with van der Waals surface area (Å²) in [6.07, 6.45) is -3.99. The van der Waals surface area contributed by atoms with Crippen molar-refractivity contribution in [1.29, 1.82) is 0 Å². The Bertz CT molecular complexity index is 525. The van der Waals surface area contributed by atoms with Gasteiger partial charge in [-0.2, -0.15) is 0 Å². The Morgan fingerprint density at radius 1 is 1.20 bits per heavy atom. The van der Waals surface area contributed by atoms with Crippen LogP contribution >= 0.6 is 24.8 Å². The largest absolute Gasteiger partial charge is 0.573 e. The van der Waals surface area contributed by atoms with Gasteiger partial charge in [0.15, 0.2) is 11.6 Å². The Balaban J connectivity index is 0.00000288. The number of nitrogens with zero attached hydrogens (tertiary/aromatic N) is 1. The van der Waals surface area contributed by atoms with E-state index in [0.717, 1.165) is 38.7 Å². The zero-order chi connectivity index (χ0) is 17.0. The molecule has 0 saturated carbocycles. The smallest absolute Gasteiger partial charge is 0.403 e. The summed E-state index contributed by atoms with van der Waals surface area (Å²) in [5.41, 5.74) is 0.688. The molecule has 1 unspecified atom stereocenters. The van der Waals surface area contributed by atoms with Crippen molar-refractivity contribution in [2.45, 2.75) is 32.7 Å². The van der Waals surface area contributed by atoms with Crippen molar-refractivity contribution in [3.8, 4) is 5.75 Å². The van der Waals surface area contributed by atoms with Crippen LogP contribution in [-0.2, 0) is 0 Å². The molecule has 0 aromatic heterocycles. The average molecular weight is 407 g/mol. The molecular formula is C16H24Cl2F4N2O. The fourth-order valence-electron chi connectivity index (χ4n) is 2.99. The lowest BCUT2D eigenvalue weighted by molar-refractivity contribution is -0.275. The molecule has 0 aliphatic carbocycles. The number of hydrogen-bond acceptors (Lipinski definition) is 3. The molecule has 1 aliphatic rings. The topological polar surface area (TPSA) is 24.5 Å². The standard InChI is InChI=1S/C16H22F4N2O.2ClH/c1-3-11(2)15(22-8-6-21-7-9-22)12-4-5-14(13(17)10-12)23-16(18,19)20;;/h4-5,10-11,15,21H,3,6-9H2,1-2H3;2*1H/t11?,15-;;/m1../s1. The van der Waals surface area contributed by atoms with Gasteiger partial charge in [-0.25, -0.2) is 4.39 Å². The molecule has 3 nitrogen and oxygen atoms in total. The maximum Gasteiger partial charge on any atom is 0.573 e. The normalized spacial score (nSPS) is 17.8. The minimum Gasteiger partial charge on any atom is -0.403 e. The van der Waals surface area contributed by atoms with Crippen molar-refractivity contribution in [2.24, 2.45) is 5.92 Å². The fraction of sp³-hybridized carbons (Fsp3) is 0.625. The first-order chi connectivity index (χ1) is 10.8. The van der Waals surface area contributed by atoms with Gasteiger partial charge in [-0.1, -0.05) is 26.3 Å². The van der Waals surface area contributed by atoms with E-state index in [1.807, 2.05) is 0 Å². The first-order valence-electron chi connectivity index (χ1n) is 7.81. The molecule has 0 spiro atoms. The molecule has 1 N–H and O–H groups in total. The third-order valence-corrected chi connectivity index (χ3v) is 4.25. The van der Waals surface area contributed by atoms with Crippen molar-refractivity contribution in [3.63, 3.8) is 0 Å². The zero-order valence-electron chi connectivity index (χ0n) is 14.1. The van der Waals surface area contributed by atoms with Crippen LogP contribution in [0.15, 0.2) is 18.2 Å². The van der Waals surface area contributed by atoms with Gasteiger partial charge >= 0.3 is 6.36 Å². The third kappa shape index (κ3) is 6.81. The molecule has 0 bridgehead atoms. The van der Waals surface area contributed by atoms with E-state index in [1.54, 1.807) is 0 Å². The third-order valence-electron chi connectivity index (χ3n) is 4.25. The molecule has 1 aromatic carbocycles. The number of piperazine rings is 1.